The van der Waals surface area contributed by atoms with Gasteiger partial charge in [-0.25, -0.2) is 4.79 Å². The van der Waals surface area contributed by atoms with Crippen LogP contribution in [0.15, 0.2) is 29.2 Å². The van der Waals surface area contributed by atoms with Crippen molar-refractivity contribution in [3.05, 3.63) is 34.9 Å². The molecule has 0 bridgehead atoms. The number of hydrogen-bond donors (Lipinski definition) is 0. The van der Waals surface area contributed by atoms with Gasteiger partial charge in [-0.3, -0.25) is 14.1 Å². The minimum Gasteiger partial charge on any atom is -0.342 e. The number of fused-ring (bicyclic) bond motifs is 1. The Morgan fingerprint density at radius 2 is 1.88 bits per heavy atom. The molecule has 2 aliphatic heterocycles. The molecular formula is C17H23N5O2. The van der Waals surface area contributed by atoms with Crippen molar-refractivity contribution in [2.45, 2.75) is 32.4 Å². The van der Waals surface area contributed by atoms with Crippen molar-refractivity contribution in [1.29, 1.82) is 0 Å². The van der Waals surface area contributed by atoms with Gasteiger partial charge in [0.25, 0.3) is 0 Å². The molecular weight excluding hydrogens is 306 g/mol. The Balaban J connectivity index is 1.38. The molecule has 4 heterocycles. The van der Waals surface area contributed by atoms with Crippen LogP contribution in [0.2, 0.25) is 0 Å². The van der Waals surface area contributed by atoms with E-state index in [1.165, 1.54) is 4.68 Å². The SMILES string of the molecule is O=C(C1CCN(Cn2nc3ccccn3c2=O)CC1)N1CCCC1. The van der Waals surface area contributed by atoms with Gasteiger partial charge in [0.1, 0.15) is 0 Å². The summed E-state index contributed by atoms with van der Waals surface area (Å²) in [4.78, 5) is 29.0. The molecule has 128 valence electrons. The Hall–Kier alpha value is -2.15. The van der Waals surface area contributed by atoms with Crippen molar-refractivity contribution >= 4 is 11.6 Å². The molecule has 2 aromatic rings. The highest BCUT2D eigenvalue weighted by Crippen LogP contribution is 2.22. The van der Waals surface area contributed by atoms with Crippen molar-refractivity contribution in [3.63, 3.8) is 0 Å². The first-order valence-corrected chi connectivity index (χ1v) is 8.78. The lowest BCUT2D eigenvalue weighted by Gasteiger charge is -2.32. The van der Waals surface area contributed by atoms with Gasteiger partial charge in [0.15, 0.2) is 5.65 Å². The first kappa shape index (κ1) is 15.4. The maximum Gasteiger partial charge on any atom is 0.351 e. The molecule has 0 aliphatic carbocycles. The van der Waals surface area contributed by atoms with E-state index >= 15 is 0 Å². The maximum atomic E-state index is 12.5. The van der Waals surface area contributed by atoms with Gasteiger partial charge in [-0.05, 0) is 37.8 Å². The van der Waals surface area contributed by atoms with E-state index in [1.54, 1.807) is 10.6 Å². The van der Waals surface area contributed by atoms with Crippen molar-refractivity contribution in [3.8, 4) is 0 Å². The molecule has 2 aromatic heterocycles. The third-order valence-electron chi connectivity index (χ3n) is 5.18. The summed E-state index contributed by atoms with van der Waals surface area (Å²) >= 11 is 0. The van der Waals surface area contributed by atoms with Crippen LogP contribution in [0.3, 0.4) is 0 Å². The number of carbonyl (C=O) groups excluding carboxylic acids is 1. The Bertz CT molecular complexity index is 782. The summed E-state index contributed by atoms with van der Waals surface area (Å²) in [5.41, 5.74) is 0.558. The van der Waals surface area contributed by atoms with Crippen LogP contribution < -0.4 is 5.69 Å². The van der Waals surface area contributed by atoms with E-state index in [0.29, 0.717) is 18.2 Å². The van der Waals surface area contributed by atoms with Crippen LogP contribution in [-0.2, 0) is 11.5 Å². The summed E-state index contributed by atoms with van der Waals surface area (Å²) in [6.45, 7) is 4.02. The minimum atomic E-state index is -0.110. The first-order chi connectivity index (χ1) is 11.7. The van der Waals surface area contributed by atoms with Crippen LogP contribution in [0.5, 0.6) is 0 Å². The number of amides is 1. The van der Waals surface area contributed by atoms with Gasteiger partial charge < -0.3 is 4.90 Å². The van der Waals surface area contributed by atoms with Gasteiger partial charge in [-0.1, -0.05) is 6.07 Å². The molecule has 0 spiro atoms. The molecule has 7 nitrogen and oxygen atoms in total. The third-order valence-corrected chi connectivity index (χ3v) is 5.18. The molecule has 2 saturated heterocycles. The predicted molar refractivity (Wildman–Crippen MR) is 89.6 cm³/mol. The van der Waals surface area contributed by atoms with E-state index < -0.39 is 0 Å². The van der Waals surface area contributed by atoms with Crippen LogP contribution in [0.4, 0.5) is 0 Å². The second kappa shape index (κ2) is 6.39. The average molecular weight is 329 g/mol. The van der Waals surface area contributed by atoms with E-state index in [2.05, 4.69) is 10.00 Å². The van der Waals surface area contributed by atoms with Crippen LogP contribution in [0.25, 0.3) is 5.65 Å². The minimum absolute atomic E-state index is 0.110. The van der Waals surface area contributed by atoms with Gasteiger partial charge >= 0.3 is 5.69 Å². The topological polar surface area (TPSA) is 62.9 Å². The lowest BCUT2D eigenvalue weighted by Crippen LogP contribution is -2.43. The lowest BCUT2D eigenvalue weighted by molar-refractivity contribution is -0.136. The average Bonchev–Trinajstić information content (AvgIpc) is 3.25. The molecule has 0 aromatic carbocycles. The van der Waals surface area contributed by atoms with Gasteiger partial charge in [0.05, 0.1) is 6.67 Å². The van der Waals surface area contributed by atoms with Crippen LogP contribution in [0.1, 0.15) is 25.7 Å². The smallest absolute Gasteiger partial charge is 0.342 e. The molecule has 24 heavy (non-hydrogen) atoms. The van der Waals surface area contributed by atoms with E-state index in [1.807, 2.05) is 23.1 Å². The number of likely N-dealkylation sites (tertiary alicyclic amines) is 2. The standard InChI is InChI=1S/C17H23N5O2/c23-16(20-8-3-4-9-20)14-6-11-19(12-7-14)13-22-17(24)21-10-2-1-5-15(21)18-22/h1-2,5,10,14H,3-4,6-9,11-13H2. The molecule has 0 N–H and O–H groups in total. The Labute approximate surface area is 140 Å². The zero-order valence-electron chi connectivity index (χ0n) is 13.8. The summed E-state index contributed by atoms with van der Waals surface area (Å²) < 4.78 is 3.07. The van der Waals surface area contributed by atoms with E-state index in [-0.39, 0.29) is 11.6 Å². The molecule has 1 amide bonds. The lowest BCUT2D eigenvalue weighted by atomic mass is 9.95. The number of piperidine rings is 1. The zero-order chi connectivity index (χ0) is 16.5. The number of rotatable bonds is 3. The highest BCUT2D eigenvalue weighted by molar-refractivity contribution is 5.79. The van der Waals surface area contributed by atoms with Gasteiger partial charge in [0.2, 0.25) is 5.91 Å². The second-order valence-electron chi connectivity index (χ2n) is 6.78. The Morgan fingerprint density at radius 3 is 2.58 bits per heavy atom. The van der Waals surface area contributed by atoms with Crippen LogP contribution >= 0.6 is 0 Å². The van der Waals surface area contributed by atoms with E-state index in [4.69, 9.17) is 0 Å². The van der Waals surface area contributed by atoms with Crippen LogP contribution in [-0.4, -0.2) is 56.1 Å². The summed E-state index contributed by atoms with van der Waals surface area (Å²) in [5, 5.41) is 4.37. The van der Waals surface area contributed by atoms with Crippen LogP contribution in [0, 0.1) is 5.92 Å². The first-order valence-electron chi connectivity index (χ1n) is 8.78. The number of carbonyl (C=O) groups is 1. The van der Waals surface area contributed by atoms with E-state index in [0.717, 1.165) is 51.9 Å². The number of pyridine rings is 1. The largest absolute Gasteiger partial charge is 0.351 e. The Kier molecular flexibility index (Phi) is 4.10. The second-order valence-corrected chi connectivity index (χ2v) is 6.78. The van der Waals surface area contributed by atoms with E-state index in [9.17, 15) is 9.59 Å². The highest BCUT2D eigenvalue weighted by atomic mass is 16.2. The molecule has 0 atom stereocenters. The molecule has 4 rings (SSSR count). The quantitative estimate of drug-likeness (QED) is 0.835. The third kappa shape index (κ3) is 2.84. The van der Waals surface area contributed by atoms with Gasteiger partial charge in [-0.2, -0.15) is 4.68 Å². The number of hydrogen-bond acceptors (Lipinski definition) is 4. The van der Waals surface area contributed by atoms with Crippen molar-refractivity contribution in [2.24, 2.45) is 5.92 Å². The van der Waals surface area contributed by atoms with Crippen molar-refractivity contribution in [2.75, 3.05) is 26.2 Å². The molecule has 2 fully saturated rings. The summed E-state index contributed by atoms with van der Waals surface area (Å²) in [7, 11) is 0. The maximum absolute atomic E-state index is 12.5. The molecule has 0 unspecified atom stereocenters. The number of aromatic nitrogens is 3. The zero-order valence-corrected chi connectivity index (χ0v) is 13.8. The number of nitrogens with zero attached hydrogens (tertiary/aromatic N) is 5. The highest BCUT2D eigenvalue weighted by Gasteiger charge is 2.30. The summed E-state index contributed by atoms with van der Waals surface area (Å²) in [6, 6.07) is 5.54. The fourth-order valence-corrected chi connectivity index (χ4v) is 3.77. The monoisotopic (exact) mass is 329 g/mol. The predicted octanol–water partition coefficient (Wildman–Crippen LogP) is 0.788. The molecule has 0 radical (unpaired) electrons. The summed E-state index contributed by atoms with van der Waals surface area (Å²) in [6.07, 6.45) is 5.76. The van der Waals surface area contributed by atoms with Crippen molar-refractivity contribution < 1.29 is 4.79 Å². The van der Waals surface area contributed by atoms with Crippen molar-refractivity contribution in [1.82, 2.24) is 24.0 Å². The fraction of sp³-hybridized carbons (Fsp3) is 0.588. The van der Waals surface area contributed by atoms with Gasteiger partial charge in [-0.15, -0.1) is 5.10 Å². The summed E-state index contributed by atoms with van der Waals surface area (Å²) in [5.74, 6) is 0.481. The molecule has 7 heteroatoms. The molecule has 2 aliphatic rings. The fourth-order valence-electron chi connectivity index (χ4n) is 3.77. The normalized spacial score (nSPS) is 20.1. The Morgan fingerprint density at radius 1 is 1.12 bits per heavy atom. The molecule has 0 saturated carbocycles. The van der Waals surface area contributed by atoms with Gasteiger partial charge in [0, 0.05) is 38.3 Å².